The van der Waals surface area contributed by atoms with E-state index in [9.17, 15) is 18.4 Å². The fourth-order valence-corrected chi connectivity index (χ4v) is 2.53. The molecule has 0 atom stereocenters. The van der Waals surface area contributed by atoms with Gasteiger partial charge in [-0.15, -0.1) is 8.78 Å². The van der Waals surface area contributed by atoms with Crippen LogP contribution in [0.1, 0.15) is 10.4 Å². The second kappa shape index (κ2) is 7.19. The Morgan fingerprint density at radius 1 is 1.10 bits per heavy atom. The summed E-state index contributed by atoms with van der Waals surface area (Å²) < 4.78 is 41.1. The Labute approximate surface area is 161 Å². The van der Waals surface area contributed by atoms with Gasteiger partial charge in [0.15, 0.2) is 18.1 Å². The van der Waals surface area contributed by atoms with Crippen molar-refractivity contribution < 1.29 is 32.6 Å². The van der Waals surface area contributed by atoms with Gasteiger partial charge in [0, 0.05) is 11.8 Å². The van der Waals surface area contributed by atoms with Gasteiger partial charge < -0.3 is 19.5 Å². The number of esters is 1. The van der Waals surface area contributed by atoms with Gasteiger partial charge in [0.1, 0.15) is 12.7 Å². The third-order valence-corrected chi connectivity index (χ3v) is 3.81. The van der Waals surface area contributed by atoms with Gasteiger partial charge in [-0.1, -0.05) is 0 Å². The number of amides is 1. The highest BCUT2D eigenvalue weighted by atomic mass is 19.3. The summed E-state index contributed by atoms with van der Waals surface area (Å²) in [5.41, 5.74) is 1.13. The minimum absolute atomic E-state index is 0.145. The lowest BCUT2D eigenvalue weighted by Gasteiger charge is -2.08. The van der Waals surface area contributed by atoms with Crippen molar-refractivity contribution in [2.45, 2.75) is 6.29 Å². The molecule has 1 aromatic heterocycles. The normalized spacial score (nSPS) is 13.7. The first-order valence-corrected chi connectivity index (χ1v) is 8.21. The van der Waals surface area contributed by atoms with E-state index in [1.807, 2.05) is 0 Å². The van der Waals surface area contributed by atoms with Crippen LogP contribution in [0, 0.1) is 0 Å². The molecule has 2 heterocycles. The number of rotatable bonds is 5. The third-order valence-electron chi connectivity index (χ3n) is 3.81. The van der Waals surface area contributed by atoms with Crippen LogP contribution in [0.4, 0.5) is 14.5 Å². The Kier molecular flexibility index (Phi) is 4.55. The molecule has 3 aromatic rings. The van der Waals surface area contributed by atoms with E-state index in [0.717, 1.165) is 0 Å². The molecular weight excluding hydrogens is 390 g/mol. The number of carbonyl (C=O) groups is 2. The molecule has 0 saturated carbocycles. The minimum Gasteiger partial charge on any atom is -0.452 e. The number of carbonyl (C=O) groups excluding carboxylic acids is 2. The number of ether oxygens (including phenoxy) is 3. The molecule has 0 radical (unpaired) electrons. The van der Waals surface area contributed by atoms with Crippen molar-refractivity contribution in [1.29, 1.82) is 0 Å². The topological polar surface area (TPSA) is 105 Å². The van der Waals surface area contributed by atoms with Crippen LogP contribution in [0.15, 0.2) is 55.1 Å². The van der Waals surface area contributed by atoms with Gasteiger partial charge in [-0.25, -0.2) is 14.5 Å². The molecule has 0 saturated heterocycles. The molecule has 1 amide bonds. The molecule has 0 bridgehead atoms. The van der Waals surface area contributed by atoms with Crippen LogP contribution < -0.4 is 14.8 Å². The van der Waals surface area contributed by atoms with Crippen molar-refractivity contribution in [2.24, 2.45) is 0 Å². The van der Waals surface area contributed by atoms with E-state index in [0.29, 0.717) is 5.69 Å². The molecule has 0 fully saturated rings. The van der Waals surface area contributed by atoms with E-state index < -0.39 is 24.8 Å². The zero-order chi connectivity index (χ0) is 20.4. The summed E-state index contributed by atoms with van der Waals surface area (Å²) in [5.74, 6) is -1.70. The van der Waals surface area contributed by atoms with Crippen LogP contribution in [0.5, 0.6) is 11.5 Å². The van der Waals surface area contributed by atoms with Crippen LogP contribution in [0.3, 0.4) is 0 Å². The molecule has 1 N–H and O–H groups in total. The maximum absolute atomic E-state index is 13.0. The number of halogens is 2. The Balaban J connectivity index is 1.31. The highest BCUT2D eigenvalue weighted by Crippen LogP contribution is 2.42. The van der Waals surface area contributed by atoms with Gasteiger partial charge in [-0.2, -0.15) is 5.10 Å². The van der Waals surface area contributed by atoms with E-state index in [1.54, 1.807) is 12.1 Å². The summed E-state index contributed by atoms with van der Waals surface area (Å²) in [7, 11) is 0. The predicted octanol–water partition coefficient (Wildman–Crippen LogP) is 2.38. The highest BCUT2D eigenvalue weighted by Gasteiger charge is 2.43. The minimum atomic E-state index is -3.75. The Bertz CT molecular complexity index is 1050. The molecular formula is C18H12F2N4O5. The number of anilines is 1. The molecule has 148 valence electrons. The first-order valence-electron chi connectivity index (χ1n) is 8.21. The maximum Gasteiger partial charge on any atom is 0.586 e. The van der Waals surface area contributed by atoms with Gasteiger partial charge in [-0.05, 0) is 36.4 Å². The lowest BCUT2D eigenvalue weighted by atomic mass is 10.2. The maximum atomic E-state index is 13.0. The number of hydrogen-bond acceptors (Lipinski definition) is 7. The molecule has 2 aromatic carbocycles. The van der Waals surface area contributed by atoms with Crippen LogP contribution in [0.2, 0.25) is 0 Å². The largest absolute Gasteiger partial charge is 0.586 e. The van der Waals surface area contributed by atoms with Gasteiger partial charge in [-0.3, -0.25) is 4.79 Å². The number of nitrogens with zero attached hydrogens (tertiary/aromatic N) is 3. The van der Waals surface area contributed by atoms with Crippen LogP contribution in [-0.4, -0.2) is 39.5 Å². The molecule has 0 unspecified atom stereocenters. The monoisotopic (exact) mass is 402 g/mol. The number of fused-ring (bicyclic) bond motifs is 1. The second-order valence-corrected chi connectivity index (χ2v) is 5.84. The molecule has 29 heavy (non-hydrogen) atoms. The number of aromatic nitrogens is 3. The SMILES string of the molecule is O=C(COC(=O)c1ccc(-n2cncn2)cc1)Nc1ccc2c(c1)OC(F)(F)O2. The van der Waals surface area contributed by atoms with Crippen LogP contribution in [-0.2, 0) is 9.53 Å². The van der Waals surface area contributed by atoms with Crippen LogP contribution >= 0.6 is 0 Å². The number of hydrogen-bond donors (Lipinski definition) is 1. The molecule has 0 spiro atoms. The molecule has 11 heteroatoms. The molecule has 9 nitrogen and oxygen atoms in total. The van der Waals surface area contributed by atoms with E-state index in [-0.39, 0.29) is 22.7 Å². The predicted molar refractivity (Wildman–Crippen MR) is 92.9 cm³/mol. The van der Waals surface area contributed by atoms with Crippen molar-refractivity contribution in [3.05, 3.63) is 60.7 Å². The fourth-order valence-electron chi connectivity index (χ4n) is 2.53. The summed E-state index contributed by atoms with van der Waals surface area (Å²) in [6.45, 7) is -0.561. The van der Waals surface area contributed by atoms with Gasteiger partial charge in [0.05, 0.1) is 11.3 Å². The average Bonchev–Trinajstić information content (AvgIpc) is 3.32. The number of benzene rings is 2. The Morgan fingerprint density at radius 2 is 1.86 bits per heavy atom. The fraction of sp³-hybridized carbons (Fsp3) is 0.111. The highest BCUT2D eigenvalue weighted by molar-refractivity contribution is 5.95. The summed E-state index contributed by atoms with van der Waals surface area (Å²) in [6, 6.07) is 10.1. The summed E-state index contributed by atoms with van der Waals surface area (Å²) in [4.78, 5) is 27.9. The Hall–Kier alpha value is -4.02. The van der Waals surface area contributed by atoms with Crippen molar-refractivity contribution in [1.82, 2.24) is 14.8 Å². The molecule has 1 aliphatic rings. The van der Waals surface area contributed by atoms with Crippen molar-refractivity contribution in [2.75, 3.05) is 11.9 Å². The molecule has 1 aliphatic heterocycles. The summed E-state index contributed by atoms with van der Waals surface area (Å²) in [6.07, 6.45) is -0.856. The van der Waals surface area contributed by atoms with Crippen molar-refractivity contribution >= 4 is 17.6 Å². The first kappa shape index (κ1) is 18.3. The molecule has 0 aliphatic carbocycles. The van der Waals surface area contributed by atoms with Gasteiger partial charge in [0.2, 0.25) is 0 Å². The lowest BCUT2D eigenvalue weighted by molar-refractivity contribution is -0.286. The van der Waals surface area contributed by atoms with Crippen molar-refractivity contribution in [3.8, 4) is 17.2 Å². The van der Waals surface area contributed by atoms with E-state index >= 15 is 0 Å². The first-order chi connectivity index (χ1) is 13.9. The van der Waals surface area contributed by atoms with Gasteiger partial charge >= 0.3 is 12.3 Å². The molecule has 4 rings (SSSR count). The standard InChI is InChI=1S/C18H12F2N4O5/c19-18(20)28-14-6-3-12(7-15(14)29-18)23-16(25)8-27-17(26)11-1-4-13(5-2-11)24-10-21-9-22-24/h1-7,9-10H,8H2,(H,23,25). The summed E-state index contributed by atoms with van der Waals surface area (Å²) in [5, 5.41) is 6.39. The number of nitrogens with one attached hydrogen (secondary N) is 1. The van der Waals surface area contributed by atoms with E-state index in [1.165, 1.54) is 47.7 Å². The lowest BCUT2D eigenvalue weighted by Crippen LogP contribution is -2.25. The summed E-state index contributed by atoms with van der Waals surface area (Å²) >= 11 is 0. The average molecular weight is 402 g/mol. The second-order valence-electron chi connectivity index (χ2n) is 5.84. The van der Waals surface area contributed by atoms with Crippen molar-refractivity contribution in [3.63, 3.8) is 0 Å². The van der Waals surface area contributed by atoms with Crippen LogP contribution in [0.25, 0.3) is 5.69 Å². The van der Waals surface area contributed by atoms with Gasteiger partial charge in [0.25, 0.3) is 5.91 Å². The smallest absolute Gasteiger partial charge is 0.452 e. The third kappa shape index (κ3) is 4.13. The van der Waals surface area contributed by atoms with E-state index in [4.69, 9.17) is 4.74 Å². The zero-order valence-corrected chi connectivity index (χ0v) is 14.5. The zero-order valence-electron chi connectivity index (χ0n) is 14.5. The quantitative estimate of drug-likeness (QED) is 0.654. The van der Waals surface area contributed by atoms with E-state index in [2.05, 4.69) is 24.9 Å². The number of alkyl halides is 2. The Morgan fingerprint density at radius 3 is 2.59 bits per heavy atom.